The Morgan fingerprint density at radius 1 is 1.27 bits per heavy atom. The van der Waals surface area contributed by atoms with Gasteiger partial charge in [-0.2, -0.15) is 4.98 Å². The molecule has 0 N–H and O–H groups in total. The average Bonchev–Trinajstić information content (AvgIpc) is 3.06. The van der Waals surface area contributed by atoms with E-state index in [0.717, 1.165) is 22.7 Å². The molecular formula is C19H23N5O2. The molecule has 7 heteroatoms. The smallest absolute Gasteiger partial charge is 0.294 e. The van der Waals surface area contributed by atoms with Crippen LogP contribution in [0.15, 0.2) is 30.3 Å². The summed E-state index contributed by atoms with van der Waals surface area (Å²) in [5.41, 5.74) is 2.73. The lowest BCUT2D eigenvalue weighted by atomic mass is 10.1. The quantitative estimate of drug-likeness (QED) is 0.705. The minimum atomic E-state index is -0.217. The van der Waals surface area contributed by atoms with Crippen molar-refractivity contribution in [1.29, 1.82) is 0 Å². The number of hydrogen-bond donors (Lipinski definition) is 0. The van der Waals surface area contributed by atoms with Crippen LogP contribution in [0.3, 0.4) is 0 Å². The molecule has 0 saturated carbocycles. The molecule has 3 aromatic rings. The van der Waals surface area contributed by atoms with Crippen LogP contribution in [-0.2, 0) is 0 Å². The summed E-state index contributed by atoms with van der Waals surface area (Å²) in [6, 6.07) is 9.50. The number of carbonyl (C=O) groups is 1. The summed E-state index contributed by atoms with van der Waals surface area (Å²) in [7, 11) is 1.63. The molecule has 1 amide bonds. The van der Waals surface area contributed by atoms with Crippen LogP contribution in [0.2, 0.25) is 0 Å². The Bertz CT molecular complexity index is 950. The first-order valence-corrected chi connectivity index (χ1v) is 8.60. The highest BCUT2D eigenvalue weighted by atomic mass is 16.5. The number of carbonyl (C=O) groups excluding carboxylic acids is 1. The first-order valence-electron chi connectivity index (χ1n) is 8.60. The number of aryl methyl sites for hydroxylation is 2. The molecule has 0 saturated heterocycles. The van der Waals surface area contributed by atoms with E-state index in [1.807, 2.05) is 58.0 Å². The Balaban J connectivity index is 1.94. The van der Waals surface area contributed by atoms with Gasteiger partial charge in [0.1, 0.15) is 5.75 Å². The number of amides is 1. The molecule has 0 aliphatic rings. The number of hydrogen-bond acceptors (Lipinski definition) is 5. The van der Waals surface area contributed by atoms with Crippen molar-refractivity contribution in [2.24, 2.45) is 0 Å². The van der Waals surface area contributed by atoms with Gasteiger partial charge in [0.2, 0.25) is 5.82 Å². The number of benzene rings is 1. The van der Waals surface area contributed by atoms with E-state index >= 15 is 0 Å². The van der Waals surface area contributed by atoms with Crippen LogP contribution < -0.4 is 4.74 Å². The molecule has 0 fully saturated rings. The van der Waals surface area contributed by atoms with Crippen molar-refractivity contribution in [2.45, 2.75) is 33.7 Å². The van der Waals surface area contributed by atoms with Gasteiger partial charge in [-0.1, -0.05) is 12.1 Å². The van der Waals surface area contributed by atoms with Gasteiger partial charge in [0.05, 0.1) is 13.2 Å². The third-order valence-corrected chi connectivity index (χ3v) is 4.45. The third-order valence-electron chi connectivity index (χ3n) is 4.45. The molecule has 7 nitrogen and oxygen atoms in total. The Labute approximate surface area is 152 Å². The van der Waals surface area contributed by atoms with Gasteiger partial charge in [-0.05, 0) is 51.5 Å². The van der Waals surface area contributed by atoms with E-state index in [0.29, 0.717) is 12.3 Å². The fourth-order valence-corrected chi connectivity index (χ4v) is 3.06. The lowest BCUT2D eigenvalue weighted by molar-refractivity contribution is 0.0689. The second-order valence-corrected chi connectivity index (χ2v) is 6.23. The zero-order valence-electron chi connectivity index (χ0n) is 15.7. The van der Waals surface area contributed by atoms with Gasteiger partial charge < -0.3 is 9.64 Å². The summed E-state index contributed by atoms with van der Waals surface area (Å²) < 4.78 is 6.89. The number of methoxy groups -OCH3 is 1. The van der Waals surface area contributed by atoms with E-state index in [-0.39, 0.29) is 17.8 Å². The topological polar surface area (TPSA) is 72.6 Å². The van der Waals surface area contributed by atoms with Crippen molar-refractivity contribution in [1.82, 2.24) is 24.5 Å². The van der Waals surface area contributed by atoms with Gasteiger partial charge in [0.25, 0.3) is 11.7 Å². The summed E-state index contributed by atoms with van der Waals surface area (Å²) in [5, 5.41) is 4.36. The molecule has 0 radical (unpaired) electrons. The van der Waals surface area contributed by atoms with E-state index < -0.39 is 0 Å². The second-order valence-electron chi connectivity index (χ2n) is 6.23. The Morgan fingerprint density at radius 3 is 2.73 bits per heavy atom. The van der Waals surface area contributed by atoms with Crippen molar-refractivity contribution in [3.63, 3.8) is 0 Å². The number of rotatable bonds is 5. The van der Waals surface area contributed by atoms with Gasteiger partial charge in [0, 0.05) is 17.9 Å². The van der Waals surface area contributed by atoms with E-state index in [9.17, 15) is 4.79 Å². The Hall–Kier alpha value is -2.96. The maximum Gasteiger partial charge on any atom is 0.294 e. The number of nitrogens with zero attached hydrogens (tertiary/aromatic N) is 5. The highest BCUT2D eigenvalue weighted by Crippen LogP contribution is 2.25. The van der Waals surface area contributed by atoms with Crippen LogP contribution in [0, 0.1) is 13.8 Å². The highest BCUT2D eigenvalue weighted by molar-refractivity contribution is 5.91. The molecular weight excluding hydrogens is 330 g/mol. The maximum atomic E-state index is 13.0. The number of fused-ring (bicyclic) bond motifs is 1. The Kier molecular flexibility index (Phi) is 4.88. The van der Waals surface area contributed by atoms with Gasteiger partial charge >= 0.3 is 0 Å². The number of ether oxygens (including phenoxy) is 1. The molecule has 1 unspecified atom stereocenters. The monoisotopic (exact) mass is 353 g/mol. The first kappa shape index (κ1) is 17.8. The zero-order valence-corrected chi connectivity index (χ0v) is 15.7. The largest absolute Gasteiger partial charge is 0.497 e. The summed E-state index contributed by atoms with van der Waals surface area (Å²) in [5.74, 6) is 1.14. The molecule has 2 heterocycles. The van der Waals surface area contributed by atoms with E-state index in [2.05, 4.69) is 15.1 Å². The summed E-state index contributed by atoms with van der Waals surface area (Å²) in [6.45, 7) is 8.28. The molecule has 1 atom stereocenters. The van der Waals surface area contributed by atoms with Gasteiger partial charge in [-0.25, -0.2) is 9.50 Å². The van der Waals surface area contributed by atoms with Crippen LogP contribution in [0.1, 0.15) is 47.5 Å². The molecule has 0 aliphatic heterocycles. The minimum absolute atomic E-state index is 0.134. The van der Waals surface area contributed by atoms with Gasteiger partial charge in [-0.15, -0.1) is 5.10 Å². The molecule has 0 spiro atoms. The highest BCUT2D eigenvalue weighted by Gasteiger charge is 2.25. The number of aromatic nitrogens is 4. The standard InChI is InChI=1S/C19H23N5O2/c1-6-23(14(4)15-8-7-9-16(11-15)26-5)18(25)17-21-19-20-12(2)10-13(3)24(19)22-17/h7-11,14H,6H2,1-5H3. The van der Waals surface area contributed by atoms with Crippen molar-refractivity contribution >= 4 is 11.7 Å². The SMILES string of the molecule is CCN(C(=O)c1nc2nc(C)cc(C)n2n1)C(C)c1cccc(OC)c1. The van der Waals surface area contributed by atoms with Crippen LogP contribution in [0.4, 0.5) is 0 Å². The lowest BCUT2D eigenvalue weighted by Gasteiger charge is -2.27. The molecule has 26 heavy (non-hydrogen) atoms. The fraction of sp³-hybridized carbons (Fsp3) is 0.368. The second kappa shape index (κ2) is 7.11. The summed E-state index contributed by atoms with van der Waals surface area (Å²) in [4.78, 5) is 23.5. The van der Waals surface area contributed by atoms with E-state index in [4.69, 9.17) is 4.74 Å². The van der Waals surface area contributed by atoms with Crippen LogP contribution >= 0.6 is 0 Å². The van der Waals surface area contributed by atoms with Crippen molar-refractivity contribution in [3.8, 4) is 5.75 Å². The molecule has 0 aliphatic carbocycles. The maximum absolute atomic E-state index is 13.0. The minimum Gasteiger partial charge on any atom is -0.497 e. The fourth-order valence-electron chi connectivity index (χ4n) is 3.06. The van der Waals surface area contributed by atoms with Crippen LogP contribution in [0.5, 0.6) is 5.75 Å². The normalized spacial score (nSPS) is 12.2. The molecule has 3 rings (SSSR count). The molecule has 136 valence electrons. The molecule has 2 aromatic heterocycles. The summed E-state index contributed by atoms with van der Waals surface area (Å²) in [6.07, 6.45) is 0. The zero-order chi connectivity index (χ0) is 18.8. The predicted molar refractivity (Wildman–Crippen MR) is 98.4 cm³/mol. The summed E-state index contributed by atoms with van der Waals surface area (Å²) >= 11 is 0. The van der Waals surface area contributed by atoms with Crippen molar-refractivity contribution in [3.05, 3.63) is 53.1 Å². The van der Waals surface area contributed by atoms with Crippen LogP contribution in [0.25, 0.3) is 5.78 Å². The Morgan fingerprint density at radius 2 is 2.04 bits per heavy atom. The first-order chi connectivity index (χ1) is 12.4. The molecule has 0 bridgehead atoms. The molecule has 1 aromatic carbocycles. The predicted octanol–water partition coefficient (Wildman–Crippen LogP) is 2.97. The lowest BCUT2D eigenvalue weighted by Crippen LogP contribution is -2.34. The van der Waals surface area contributed by atoms with Crippen molar-refractivity contribution in [2.75, 3.05) is 13.7 Å². The van der Waals surface area contributed by atoms with Gasteiger partial charge in [0.15, 0.2) is 0 Å². The average molecular weight is 353 g/mol. The van der Waals surface area contributed by atoms with E-state index in [1.165, 1.54) is 0 Å². The van der Waals surface area contributed by atoms with Gasteiger partial charge in [-0.3, -0.25) is 4.79 Å². The third kappa shape index (κ3) is 3.24. The van der Waals surface area contributed by atoms with Crippen molar-refractivity contribution < 1.29 is 9.53 Å². The van der Waals surface area contributed by atoms with E-state index in [1.54, 1.807) is 16.5 Å². The van der Waals surface area contributed by atoms with Crippen LogP contribution in [-0.4, -0.2) is 44.0 Å².